The van der Waals surface area contributed by atoms with Crippen LogP contribution in [0.1, 0.15) is 22.2 Å². The molecule has 0 atom stereocenters. The van der Waals surface area contributed by atoms with Gasteiger partial charge in [-0.2, -0.15) is 0 Å². The molecule has 2 aromatic rings. The van der Waals surface area contributed by atoms with Gasteiger partial charge in [0.05, 0.1) is 6.61 Å². The molecule has 1 aromatic carbocycles. The predicted octanol–water partition coefficient (Wildman–Crippen LogP) is 4.04. The van der Waals surface area contributed by atoms with Crippen molar-refractivity contribution in [1.82, 2.24) is 0 Å². The van der Waals surface area contributed by atoms with Gasteiger partial charge in [-0.05, 0) is 31.5 Å². The number of ether oxygens (including phenoxy) is 1. The number of carbonyl (C=O) groups excluding carboxylic acids is 1. The summed E-state index contributed by atoms with van der Waals surface area (Å²) in [4.78, 5) is 12.3. The quantitative estimate of drug-likeness (QED) is 0.756. The number of benzene rings is 1. The van der Waals surface area contributed by atoms with Crippen LogP contribution in [-0.4, -0.2) is 12.6 Å². The lowest BCUT2D eigenvalue weighted by atomic mass is 10.1. The van der Waals surface area contributed by atoms with E-state index in [2.05, 4.69) is 0 Å². The van der Waals surface area contributed by atoms with E-state index >= 15 is 0 Å². The van der Waals surface area contributed by atoms with Gasteiger partial charge in [0.2, 0.25) is 0 Å². The number of rotatable bonds is 2. The SMILES string of the molecule is CCOC(=O)c1sc2cccc(Cl)c2c1C. The van der Waals surface area contributed by atoms with Gasteiger partial charge in [-0.25, -0.2) is 4.79 Å². The van der Waals surface area contributed by atoms with E-state index in [0.29, 0.717) is 16.5 Å². The number of esters is 1. The first-order valence-corrected chi connectivity index (χ1v) is 6.19. The van der Waals surface area contributed by atoms with E-state index in [1.807, 2.05) is 25.1 Å². The maximum absolute atomic E-state index is 11.7. The molecule has 0 saturated carbocycles. The standard InChI is InChI=1S/C12H11ClO2S/c1-3-15-12(14)11-7(2)10-8(13)5-4-6-9(10)16-11/h4-6H,3H2,1-2H3. The van der Waals surface area contributed by atoms with Crippen LogP contribution < -0.4 is 0 Å². The lowest BCUT2D eigenvalue weighted by Crippen LogP contribution is -2.03. The molecule has 1 aromatic heterocycles. The fraction of sp³-hybridized carbons (Fsp3) is 0.250. The fourth-order valence-corrected chi connectivity index (χ4v) is 3.15. The van der Waals surface area contributed by atoms with Crippen molar-refractivity contribution in [3.8, 4) is 0 Å². The summed E-state index contributed by atoms with van der Waals surface area (Å²) in [7, 11) is 0. The smallest absolute Gasteiger partial charge is 0.348 e. The number of thiophene rings is 1. The molecule has 0 radical (unpaired) electrons. The zero-order chi connectivity index (χ0) is 11.7. The van der Waals surface area contributed by atoms with Gasteiger partial charge < -0.3 is 4.74 Å². The third-order valence-electron chi connectivity index (χ3n) is 2.36. The summed E-state index contributed by atoms with van der Waals surface area (Å²) >= 11 is 7.54. The van der Waals surface area contributed by atoms with Crippen molar-refractivity contribution >= 4 is 39.0 Å². The van der Waals surface area contributed by atoms with Crippen molar-refractivity contribution < 1.29 is 9.53 Å². The topological polar surface area (TPSA) is 26.3 Å². The largest absolute Gasteiger partial charge is 0.462 e. The average molecular weight is 255 g/mol. The zero-order valence-electron chi connectivity index (χ0n) is 9.04. The van der Waals surface area contributed by atoms with Crippen LogP contribution in [0.2, 0.25) is 5.02 Å². The Morgan fingerprint density at radius 1 is 1.50 bits per heavy atom. The first kappa shape index (κ1) is 11.4. The van der Waals surface area contributed by atoms with Crippen LogP contribution in [0, 0.1) is 6.92 Å². The van der Waals surface area contributed by atoms with Crippen LogP contribution in [0.15, 0.2) is 18.2 Å². The lowest BCUT2D eigenvalue weighted by Gasteiger charge is -1.99. The number of fused-ring (bicyclic) bond motifs is 1. The van der Waals surface area contributed by atoms with Crippen molar-refractivity contribution in [2.45, 2.75) is 13.8 Å². The molecule has 1 heterocycles. The van der Waals surface area contributed by atoms with E-state index in [-0.39, 0.29) is 5.97 Å². The number of hydrogen-bond donors (Lipinski definition) is 0. The van der Waals surface area contributed by atoms with E-state index < -0.39 is 0 Å². The van der Waals surface area contributed by atoms with Gasteiger partial charge in [-0.1, -0.05) is 17.7 Å². The zero-order valence-corrected chi connectivity index (χ0v) is 10.6. The van der Waals surface area contributed by atoms with Crippen LogP contribution in [0.3, 0.4) is 0 Å². The summed E-state index contributed by atoms with van der Waals surface area (Å²) < 4.78 is 6.03. The summed E-state index contributed by atoms with van der Waals surface area (Å²) in [6, 6.07) is 5.68. The van der Waals surface area contributed by atoms with E-state index in [1.165, 1.54) is 11.3 Å². The molecule has 0 N–H and O–H groups in total. The van der Waals surface area contributed by atoms with E-state index in [4.69, 9.17) is 16.3 Å². The van der Waals surface area contributed by atoms with Gasteiger partial charge in [-0.15, -0.1) is 11.3 Å². The van der Waals surface area contributed by atoms with Crippen molar-refractivity contribution in [1.29, 1.82) is 0 Å². The molecular weight excluding hydrogens is 244 g/mol. The number of aryl methyl sites for hydroxylation is 1. The Morgan fingerprint density at radius 2 is 2.25 bits per heavy atom. The molecule has 0 bridgehead atoms. The summed E-state index contributed by atoms with van der Waals surface area (Å²) in [6.07, 6.45) is 0. The Balaban J connectivity index is 2.61. The summed E-state index contributed by atoms with van der Waals surface area (Å²) in [6.45, 7) is 4.09. The third kappa shape index (κ3) is 1.81. The number of hydrogen-bond acceptors (Lipinski definition) is 3. The molecule has 0 aliphatic rings. The maximum Gasteiger partial charge on any atom is 0.348 e. The highest BCUT2D eigenvalue weighted by Gasteiger charge is 2.17. The summed E-state index contributed by atoms with van der Waals surface area (Å²) in [5.41, 5.74) is 0.907. The van der Waals surface area contributed by atoms with Gasteiger partial charge in [0, 0.05) is 15.1 Å². The van der Waals surface area contributed by atoms with Crippen LogP contribution in [0.5, 0.6) is 0 Å². The Kier molecular flexibility index (Phi) is 3.17. The number of carbonyl (C=O) groups is 1. The van der Waals surface area contributed by atoms with Crippen LogP contribution in [0.4, 0.5) is 0 Å². The molecule has 0 spiro atoms. The van der Waals surface area contributed by atoms with E-state index in [9.17, 15) is 4.79 Å². The lowest BCUT2D eigenvalue weighted by molar-refractivity contribution is 0.0531. The number of halogens is 1. The van der Waals surface area contributed by atoms with Crippen LogP contribution >= 0.6 is 22.9 Å². The van der Waals surface area contributed by atoms with Gasteiger partial charge in [0.25, 0.3) is 0 Å². The maximum atomic E-state index is 11.7. The molecule has 2 nitrogen and oxygen atoms in total. The molecule has 0 aliphatic heterocycles. The highest BCUT2D eigenvalue weighted by Crippen LogP contribution is 2.35. The summed E-state index contributed by atoms with van der Waals surface area (Å²) in [5.74, 6) is -0.266. The Morgan fingerprint density at radius 3 is 2.88 bits per heavy atom. The van der Waals surface area contributed by atoms with Gasteiger partial charge in [0.1, 0.15) is 4.88 Å². The minimum atomic E-state index is -0.266. The molecule has 4 heteroatoms. The first-order chi connectivity index (χ1) is 7.65. The minimum absolute atomic E-state index is 0.266. The molecule has 0 saturated heterocycles. The Bertz CT molecular complexity index is 545. The molecule has 0 unspecified atom stereocenters. The molecular formula is C12H11ClO2S. The highest BCUT2D eigenvalue weighted by molar-refractivity contribution is 7.21. The second-order valence-corrected chi connectivity index (χ2v) is 4.85. The summed E-state index contributed by atoms with van der Waals surface area (Å²) in [5, 5.41) is 1.64. The van der Waals surface area contributed by atoms with Crippen molar-refractivity contribution in [3.05, 3.63) is 33.7 Å². The van der Waals surface area contributed by atoms with Crippen molar-refractivity contribution in [2.75, 3.05) is 6.61 Å². The minimum Gasteiger partial charge on any atom is -0.462 e. The normalized spacial score (nSPS) is 10.7. The van der Waals surface area contributed by atoms with Crippen LogP contribution in [-0.2, 0) is 4.74 Å². The molecule has 0 aliphatic carbocycles. The van der Waals surface area contributed by atoms with E-state index in [1.54, 1.807) is 6.92 Å². The Labute approximate surface area is 103 Å². The second-order valence-electron chi connectivity index (χ2n) is 3.39. The van der Waals surface area contributed by atoms with E-state index in [0.717, 1.165) is 15.6 Å². The monoisotopic (exact) mass is 254 g/mol. The van der Waals surface area contributed by atoms with Gasteiger partial charge >= 0.3 is 5.97 Å². The third-order valence-corrected chi connectivity index (χ3v) is 3.92. The second kappa shape index (κ2) is 4.44. The van der Waals surface area contributed by atoms with Crippen molar-refractivity contribution in [3.63, 3.8) is 0 Å². The fourth-order valence-electron chi connectivity index (χ4n) is 1.64. The Hall–Kier alpha value is -1.06. The average Bonchev–Trinajstić information content (AvgIpc) is 2.58. The van der Waals surface area contributed by atoms with Gasteiger partial charge in [0.15, 0.2) is 0 Å². The molecule has 16 heavy (non-hydrogen) atoms. The molecule has 0 amide bonds. The van der Waals surface area contributed by atoms with Crippen molar-refractivity contribution in [2.24, 2.45) is 0 Å². The first-order valence-electron chi connectivity index (χ1n) is 5.00. The molecule has 2 rings (SSSR count). The molecule has 84 valence electrons. The van der Waals surface area contributed by atoms with Crippen LogP contribution in [0.25, 0.3) is 10.1 Å². The predicted molar refractivity (Wildman–Crippen MR) is 67.5 cm³/mol. The highest BCUT2D eigenvalue weighted by atomic mass is 35.5. The molecule has 0 fully saturated rings. The van der Waals surface area contributed by atoms with Gasteiger partial charge in [-0.3, -0.25) is 0 Å².